The molecule has 2 aromatic carbocycles. The predicted molar refractivity (Wildman–Crippen MR) is 99.5 cm³/mol. The van der Waals surface area contributed by atoms with Gasteiger partial charge in [0.15, 0.2) is 18.1 Å². The third-order valence-electron chi connectivity index (χ3n) is 3.20. The number of amides is 1. The van der Waals surface area contributed by atoms with Gasteiger partial charge in [0.2, 0.25) is 0 Å². The molecule has 2 aromatic rings. The fourth-order valence-corrected chi connectivity index (χ4v) is 2.56. The standard InChI is InChI=1S/C18H17Cl2NO5/c1-3-25-17-14(20)7-11(8-15(17)24-2)18(23)26-10-16(22)21-13-6-4-5-12(19)9-13/h4-9H,3,10H2,1-2H3,(H,21,22). The monoisotopic (exact) mass is 397 g/mol. The zero-order valence-electron chi connectivity index (χ0n) is 14.2. The molecule has 0 atom stereocenters. The summed E-state index contributed by atoms with van der Waals surface area (Å²) >= 11 is 12.0. The first kappa shape index (κ1) is 19.9. The minimum absolute atomic E-state index is 0.144. The summed E-state index contributed by atoms with van der Waals surface area (Å²) in [5, 5.41) is 3.27. The van der Waals surface area contributed by atoms with Gasteiger partial charge in [-0.15, -0.1) is 0 Å². The van der Waals surface area contributed by atoms with Gasteiger partial charge in [0, 0.05) is 10.7 Å². The number of rotatable bonds is 7. The predicted octanol–water partition coefficient (Wildman–Crippen LogP) is 4.20. The van der Waals surface area contributed by atoms with Gasteiger partial charge >= 0.3 is 5.97 Å². The van der Waals surface area contributed by atoms with E-state index in [1.807, 2.05) is 0 Å². The Balaban J connectivity index is 2.01. The second kappa shape index (κ2) is 9.31. The van der Waals surface area contributed by atoms with Crippen molar-refractivity contribution in [1.82, 2.24) is 0 Å². The van der Waals surface area contributed by atoms with Crippen molar-refractivity contribution < 1.29 is 23.8 Å². The van der Waals surface area contributed by atoms with Crippen LogP contribution in [0.5, 0.6) is 11.5 Å². The Morgan fingerprint density at radius 1 is 1.15 bits per heavy atom. The summed E-state index contributed by atoms with van der Waals surface area (Å²) in [6, 6.07) is 9.46. The number of benzene rings is 2. The van der Waals surface area contributed by atoms with Crippen LogP contribution in [0.2, 0.25) is 10.0 Å². The Bertz CT molecular complexity index is 810. The molecule has 2 rings (SSSR count). The van der Waals surface area contributed by atoms with Crippen molar-refractivity contribution in [1.29, 1.82) is 0 Å². The highest BCUT2D eigenvalue weighted by Gasteiger charge is 2.17. The van der Waals surface area contributed by atoms with Crippen molar-refractivity contribution in [2.24, 2.45) is 0 Å². The van der Waals surface area contributed by atoms with Crippen LogP contribution in [0.1, 0.15) is 17.3 Å². The van der Waals surface area contributed by atoms with E-state index >= 15 is 0 Å². The van der Waals surface area contributed by atoms with Crippen LogP contribution in [0.4, 0.5) is 5.69 Å². The van der Waals surface area contributed by atoms with E-state index in [9.17, 15) is 9.59 Å². The second-order valence-electron chi connectivity index (χ2n) is 5.06. The number of methoxy groups -OCH3 is 1. The van der Waals surface area contributed by atoms with E-state index in [4.69, 9.17) is 37.4 Å². The number of halogens is 2. The summed E-state index contributed by atoms with van der Waals surface area (Å²) in [4.78, 5) is 24.1. The Hall–Kier alpha value is -2.44. The topological polar surface area (TPSA) is 73.9 Å². The SMILES string of the molecule is CCOc1c(Cl)cc(C(=O)OCC(=O)Nc2cccc(Cl)c2)cc1OC. The van der Waals surface area contributed by atoms with Gasteiger partial charge in [-0.3, -0.25) is 4.79 Å². The highest BCUT2D eigenvalue weighted by atomic mass is 35.5. The van der Waals surface area contributed by atoms with Gasteiger partial charge in [-0.2, -0.15) is 0 Å². The van der Waals surface area contributed by atoms with Crippen LogP contribution in [0, 0.1) is 0 Å². The van der Waals surface area contributed by atoms with Crippen LogP contribution in [0.25, 0.3) is 0 Å². The number of carbonyl (C=O) groups is 2. The minimum Gasteiger partial charge on any atom is -0.493 e. The van der Waals surface area contributed by atoms with E-state index in [2.05, 4.69) is 5.32 Å². The maximum Gasteiger partial charge on any atom is 0.338 e. The van der Waals surface area contributed by atoms with Gasteiger partial charge < -0.3 is 19.5 Å². The molecule has 26 heavy (non-hydrogen) atoms. The highest BCUT2D eigenvalue weighted by Crippen LogP contribution is 2.36. The average molecular weight is 398 g/mol. The van der Waals surface area contributed by atoms with E-state index in [0.29, 0.717) is 28.8 Å². The molecule has 0 saturated heterocycles. The number of anilines is 1. The third-order valence-corrected chi connectivity index (χ3v) is 3.71. The molecule has 0 aliphatic carbocycles. The average Bonchev–Trinajstić information content (AvgIpc) is 2.61. The molecule has 1 N–H and O–H groups in total. The largest absolute Gasteiger partial charge is 0.493 e. The molecule has 0 radical (unpaired) electrons. The molecule has 138 valence electrons. The summed E-state index contributed by atoms with van der Waals surface area (Å²) in [6.45, 7) is 1.73. The van der Waals surface area contributed by atoms with E-state index in [1.165, 1.54) is 19.2 Å². The zero-order valence-corrected chi connectivity index (χ0v) is 15.7. The lowest BCUT2D eigenvalue weighted by atomic mass is 10.2. The first-order valence-corrected chi connectivity index (χ1v) is 8.43. The van der Waals surface area contributed by atoms with E-state index in [0.717, 1.165) is 0 Å². The zero-order chi connectivity index (χ0) is 19.1. The molecular weight excluding hydrogens is 381 g/mol. The Labute approximate surface area is 160 Å². The lowest BCUT2D eigenvalue weighted by molar-refractivity contribution is -0.119. The van der Waals surface area contributed by atoms with Crippen molar-refractivity contribution in [2.45, 2.75) is 6.92 Å². The lowest BCUT2D eigenvalue weighted by Gasteiger charge is -2.13. The van der Waals surface area contributed by atoms with Gasteiger partial charge in [-0.1, -0.05) is 29.3 Å². The van der Waals surface area contributed by atoms with Gasteiger partial charge in [0.1, 0.15) is 0 Å². The number of carbonyl (C=O) groups excluding carboxylic acids is 2. The molecule has 0 aromatic heterocycles. The van der Waals surface area contributed by atoms with Crippen molar-refractivity contribution in [3.05, 3.63) is 52.0 Å². The van der Waals surface area contributed by atoms with Crippen molar-refractivity contribution in [3.63, 3.8) is 0 Å². The summed E-state index contributed by atoms with van der Waals surface area (Å²) in [7, 11) is 1.43. The molecule has 0 bridgehead atoms. The molecule has 0 aliphatic heterocycles. The molecule has 8 heteroatoms. The van der Waals surface area contributed by atoms with Crippen molar-refractivity contribution in [3.8, 4) is 11.5 Å². The maximum atomic E-state index is 12.2. The normalized spacial score (nSPS) is 10.2. The number of ether oxygens (including phenoxy) is 3. The van der Waals surface area contributed by atoms with Crippen LogP contribution in [-0.2, 0) is 9.53 Å². The van der Waals surface area contributed by atoms with Crippen LogP contribution in [0.15, 0.2) is 36.4 Å². The van der Waals surface area contributed by atoms with Crippen molar-refractivity contribution in [2.75, 3.05) is 25.6 Å². The van der Waals surface area contributed by atoms with Crippen LogP contribution in [-0.4, -0.2) is 32.2 Å². The Kier molecular flexibility index (Phi) is 7.12. The third kappa shape index (κ3) is 5.28. The molecule has 0 aliphatic rings. The van der Waals surface area contributed by atoms with Gasteiger partial charge in [-0.25, -0.2) is 4.79 Å². The first-order valence-electron chi connectivity index (χ1n) is 7.67. The molecule has 0 unspecified atom stereocenters. The molecule has 6 nitrogen and oxygen atoms in total. The summed E-state index contributed by atoms with van der Waals surface area (Å²) in [5.41, 5.74) is 0.648. The van der Waals surface area contributed by atoms with E-state index < -0.39 is 18.5 Å². The summed E-state index contributed by atoms with van der Waals surface area (Å²) in [5.74, 6) is -0.569. The second-order valence-corrected chi connectivity index (χ2v) is 5.90. The molecular formula is C18H17Cl2NO5. The summed E-state index contributed by atoms with van der Waals surface area (Å²) < 4.78 is 15.6. The van der Waals surface area contributed by atoms with E-state index in [-0.39, 0.29) is 10.6 Å². The first-order chi connectivity index (χ1) is 12.4. The molecule has 0 saturated carbocycles. The maximum absolute atomic E-state index is 12.2. The van der Waals surface area contributed by atoms with Gasteiger partial charge in [-0.05, 0) is 37.3 Å². The molecule has 1 amide bonds. The quantitative estimate of drug-likeness (QED) is 0.708. The van der Waals surface area contributed by atoms with Gasteiger partial charge in [0.25, 0.3) is 5.91 Å². The Morgan fingerprint density at radius 3 is 2.58 bits per heavy atom. The number of hydrogen-bond donors (Lipinski definition) is 1. The smallest absolute Gasteiger partial charge is 0.338 e. The number of nitrogens with one attached hydrogen (secondary N) is 1. The number of hydrogen-bond acceptors (Lipinski definition) is 5. The molecule has 0 fully saturated rings. The van der Waals surface area contributed by atoms with Crippen LogP contribution >= 0.6 is 23.2 Å². The fourth-order valence-electron chi connectivity index (χ4n) is 2.10. The van der Waals surface area contributed by atoms with Crippen LogP contribution < -0.4 is 14.8 Å². The fraction of sp³-hybridized carbons (Fsp3) is 0.222. The Morgan fingerprint density at radius 2 is 1.92 bits per heavy atom. The van der Waals surface area contributed by atoms with E-state index in [1.54, 1.807) is 31.2 Å². The number of esters is 1. The highest BCUT2D eigenvalue weighted by molar-refractivity contribution is 6.32. The lowest BCUT2D eigenvalue weighted by Crippen LogP contribution is -2.21. The van der Waals surface area contributed by atoms with Gasteiger partial charge in [0.05, 0.1) is 24.3 Å². The summed E-state index contributed by atoms with van der Waals surface area (Å²) in [6.07, 6.45) is 0. The minimum atomic E-state index is -0.713. The molecule has 0 heterocycles. The van der Waals surface area contributed by atoms with Crippen LogP contribution in [0.3, 0.4) is 0 Å². The molecule has 0 spiro atoms. The van der Waals surface area contributed by atoms with Crippen molar-refractivity contribution >= 4 is 40.8 Å².